The Morgan fingerprint density at radius 2 is 1.53 bits per heavy atom. The Hall–Kier alpha value is -2.67. The van der Waals surface area contributed by atoms with Gasteiger partial charge < -0.3 is 5.11 Å². The molecule has 0 spiro atoms. The van der Waals surface area contributed by atoms with Crippen molar-refractivity contribution in [1.29, 1.82) is 0 Å². The standard InChI is InChI=1S/C26H25N3O2S/c30-25(29-20-7-1-3-9-22(20)32-23-10-4-2-8-21(23)29)17-28-18-12-13-19(28)16-26(31,15-18)24-11-5-6-14-27-24/h1-11,14,18-19,31H,12-13,15-17H2. The van der Waals surface area contributed by atoms with Crippen LogP contribution in [0.3, 0.4) is 0 Å². The number of carbonyl (C=O) groups is 1. The molecule has 3 aliphatic heterocycles. The van der Waals surface area contributed by atoms with E-state index in [0.717, 1.165) is 39.7 Å². The van der Waals surface area contributed by atoms with E-state index in [1.165, 1.54) is 0 Å². The lowest BCUT2D eigenvalue weighted by molar-refractivity contribution is -0.123. The van der Waals surface area contributed by atoms with Crippen LogP contribution in [0.2, 0.25) is 0 Å². The van der Waals surface area contributed by atoms with E-state index >= 15 is 0 Å². The average molecular weight is 444 g/mol. The lowest BCUT2D eigenvalue weighted by Crippen LogP contribution is -2.53. The van der Waals surface area contributed by atoms with Crippen LogP contribution in [-0.4, -0.2) is 39.5 Å². The molecule has 5 nitrogen and oxygen atoms in total. The Morgan fingerprint density at radius 3 is 2.12 bits per heavy atom. The molecule has 1 N–H and O–H groups in total. The lowest BCUT2D eigenvalue weighted by atomic mass is 9.83. The molecule has 0 saturated carbocycles. The van der Waals surface area contributed by atoms with Gasteiger partial charge in [-0.2, -0.15) is 0 Å². The van der Waals surface area contributed by atoms with E-state index in [0.29, 0.717) is 19.4 Å². The smallest absolute Gasteiger partial charge is 0.245 e. The van der Waals surface area contributed by atoms with Crippen molar-refractivity contribution in [1.82, 2.24) is 9.88 Å². The third kappa shape index (κ3) is 3.25. The molecule has 6 rings (SSSR count). The van der Waals surface area contributed by atoms with E-state index in [4.69, 9.17) is 0 Å². The first-order chi connectivity index (χ1) is 15.6. The minimum absolute atomic E-state index is 0.0883. The number of aliphatic hydroxyl groups is 1. The molecule has 3 aromatic rings. The fourth-order valence-electron chi connectivity index (χ4n) is 5.62. The van der Waals surface area contributed by atoms with E-state index in [1.807, 2.05) is 59.5 Å². The Labute approximate surface area is 192 Å². The van der Waals surface area contributed by atoms with E-state index in [2.05, 4.69) is 22.0 Å². The summed E-state index contributed by atoms with van der Waals surface area (Å²) in [6.07, 6.45) is 5.01. The highest BCUT2D eigenvalue weighted by Gasteiger charge is 2.49. The molecule has 2 unspecified atom stereocenters. The summed E-state index contributed by atoms with van der Waals surface area (Å²) in [6, 6.07) is 22.3. The third-order valence-electron chi connectivity index (χ3n) is 7.06. The number of aromatic nitrogens is 1. The van der Waals surface area contributed by atoms with Gasteiger partial charge in [-0.1, -0.05) is 42.1 Å². The number of piperidine rings is 1. The average Bonchev–Trinajstić information content (AvgIpc) is 3.06. The number of amides is 1. The summed E-state index contributed by atoms with van der Waals surface area (Å²) in [6.45, 7) is 0.362. The number of anilines is 2. The molecule has 2 atom stereocenters. The number of carbonyl (C=O) groups excluding carboxylic acids is 1. The molecule has 4 heterocycles. The molecule has 0 aliphatic carbocycles. The number of hydrogen-bond donors (Lipinski definition) is 1. The molecular formula is C26H25N3O2S. The number of fused-ring (bicyclic) bond motifs is 4. The minimum atomic E-state index is -0.909. The summed E-state index contributed by atoms with van der Waals surface area (Å²) in [7, 11) is 0. The van der Waals surface area contributed by atoms with Gasteiger partial charge in [0.2, 0.25) is 5.91 Å². The molecule has 1 aromatic heterocycles. The largest absolute Gasteiger partial charge is 0.383 e. The number of nitrogens with zero attached hydrogens (tertiary/aromatic N) is 3. The molecule has 1 amide bonds. The summed E-state index contributed by atoms with van der Waals surface area (Å²) >= 11 is 1.71. The maximum absolute atomic E-state index is 13.7. The van der Waals surface area contributed by atoms with Gasteiger partial charge in [0.15, 0.2) is 0 Å². The van der Waals surface area contributed by atoms with Crippen molar-refractivity contribution in [2.24, 2.45) is 0 Å². The second-order valence-corrected chi connectivity index (χ2v) is 10.1. The molecule has 2 aromatic carbocycles. The predicted molar refractivity (Wildman–Crippen MR) is 125 cm³/mol. The van der Waals surface area contributed by atoms with Crippen LogP contribution < -0.4 is 4.90 Å². The molecule has 2 fully saturated rings. The maximum atomic E-state index is 13.7. The zero-order valence-corrected chi connectivity index (χ0v) is 18.5. The Bertz CT molecular complexity index is 1110. The van der Waals surface area contributed by atoms with Crippen molar-refractivity contribution in [3.63, 3.8) is 0 Å². The highest BCUT2D eigenvalue weighted by Crippen LogP contribution is 2.49. The van der Waals surface area contributed by atoms with Gasteiger partial charge in [0.25, 0.3) is 0 Å². The van der Waals surface area contributed by atoms with Gasteiger partial charge in [-0.25, -0.2) is 0 Å². The predicted octanol–water partition coefficient (Wildman–Crippen LogP) is 4.73. The van der Waals surface area contributed by atoms with E-state index in [9.17, 15) is 9.90 Å². The number of pyridine rings is 1. The fourth-order valence-corrected chi connectivity index (χ4v) is 6.68. The minimum Gasteiger partial charge on any atom is -0.383 e. The Balaban J connectivity index is 1.27. The van der Waals surface area contributed by atoms with Crippen LogP contribution in [0.5, 0.6) is 0 Å². The van der Waals surface area contributed by atoms with Gasteiger partial charge in [0, 0.05) is 28.1 Å². The highest BCUT2D eigenvalue weighted by atomic mass is 32.2. The quantitative estimate of drug-likeness (QED) is 0.635. The monoisotopic (exact) mass is 443 g/mol. The van der Waals surface area contributed by atoms with Gasteiger partial charge in [-0.15, -0.1) is 0 Å². The number of para-hydroxylation sites is 2. The van der Waals surface area contributed by atoms with Crippen LogP contribution >= 0.6 is 11.8 Å². The Morgan fingerprint density at radius 1 is 0.938 bits per heavy atom. The van der Waals surface area contributed by atoms with Crippen LogP contribution in [0.15, 0.2) is 82.7 Å². The van der Waals surface area contributed by atoms with Crippen molar-refractivity contribution in [2.75, 3.05) is 11.4 Å². The second-order valence-electron chi connectivity index (χ2n) is 8.98. The van der Waals surface area contributed by atoms with Crippen molar-refractivity contribution in [3.05, 3.63) is 78.6 Å². The molecule has 2 saturated heterocycles. The number of rotatable bonds is 3. The molecule has 32 heavy (non-hydrogen) atoms. The van der Waals surface area contributed by atoms with Crippen molar-refractivity contribution in [2.45, 2.75) is 53.2 Å². The molecule has 0 radical (unpaired) electrons. The normalized spacial score (nSPS) is 26.5. The highest BCUT2D eigenvalue weighted by molar-refractivity contribution is 7.99. The van der Waals surface area contributed by atoms with Crippen LogP contribution in [0.25, 0.3) is 0 Å². The van der Waals surface area contributed by atoms with Gasteiger partial charge >= 0.3 is 0 Å². The fraction of sp³-hybridized carbons (Fsp3) is 0.308. The molecular weight excluding hydrogens is 418 g/mol. The molecule has 3 aliphatic rings. The zero-order valence-electron chi connectivity index (χ0n) is 17.7. The number of benzene rings is 2. The van der Waals surface area contributed by atoms with Crippen molar-refractivity contribution >= 4 is 29.0 Å². The van der Waals surface area contributed by atoms with Gasteiger partial charge in [-0.05, 0) is 62.1 Å². The summed E-state index contributed by atoms with van der Waals surface area (Å²) in [5.41, 5.74) is 1.75. The van der Waals surface area contributed by atoms with E-state index < -0.39 is 5.60 Å². The van der Waals surface area contributed by atoms with Crippen LogP contribution in [-0.2, 0) is 10.4 Å². The first-order valence-electron chi connectivity index (χ1n) is 11.2. The first kappa shape index (κ1) is 20.0. The summed E-state index contributed by atoms with van der Waals surface area (Å²) < 4.78 is 0. The number of hydrogen-bond acceptors (Lipinski definition) is 5. The summed E-state index contributed by atoms with van der Waals surface area (Å²) in [5, 5.41) is 11.4. The SMILES string of the molecule is O=C(CN1C2CCC1CC(O)(c1ccccn1)C2)N1c2ccccc2Sc2ccccc21. The first-order valence-corrected chi connectivity index (χ1v) is 12.0. The van der Waals surface area contributed by atoms with Gasteiger partial charge in [0.1, 0.15) is 5.60 Å². The Kier molecular flexibility index (Phi) is 4.82. The lowest BCUT2D eigenvalue weighted by Gasteiger charge is -2.44. The van der Waals surface area contributed by atoms with Crippen molar-refractivity contribution < 1.29 is 9.90 Å². The second kappa shape index (κ2) is 7.73. The van der Waals surface area contributed by atoms with Crippen LogP contribution in [0.1, 0.15) is 31.4 Å². The maximum Gasteiger partial charge on any atom is 0.245 e. The molecule has 2 bridgehead atoms. The molecule has 162 valence electrons. The van der Waals surface area contributed by atoms with Crippen molar-refractivity contribution in [3.8, 4) is 0 Å². The van der Waals surface area contributed by atoms with Crippen LogP contribution in [0.4, 0.5) is 11.4 Å². The topological polar surface area (TPSA) is 56.7 Å². The third-order valence-corrected chi connectivity index (χ3v) is 8.19. The van der Waals surface area contributed by atoms with Gasteiger partial charge in [-0.3, -0.25) is 19.6 Å². The summed E-state index contributed by atoms with van der Waals surface area (Å²) in [5.74, 6) is 0.0883. The van der Waals surface area contributed by atoms with Gasteiger partial charge in [0.05, 0.1) is 23.6 Å². The van der Waals surface area contributed by atoms with E-state index in [1.54, 1.807) is 18.0 Å². The molecule has 6 heteroatoms. The van der Waals surface area contributed by atoms with Crippen LogP contribution in [0, 0.1) is 0 Å². The zero-order chi connectivity index (χ0) is 21.7. The van der Waals surface area contributed by atoms with E-state index in [-0.39, 0.29) is 18.0 Å². The summed E-state index contributed by atoms with van der Waals surface area (Å²) in [4.78, 5) is 24.6.